The molecular formula is C18H22F2N2O2. The number of carbonyl (C=O) groups is 1. The third-order valence-corrected chi connectivity index (χ3v) is 5.51. The molecule has 0 bridgehead atoms. The lowest BCUT2D eigenvalue weighted by atomic mass is 9.88. The van der Waals surface area contributed by atoms with Gasteiger partial charge in [-0.15, -0.1) is 0 Å². The first-order valence-corrected chi connectivity index (χ1v) is 8.69. The Morgan fingerprint density at radius 3 is 2.58 bits per heavy atom. The van der Waals surface area contributed by atoms with Gasteiger partial charge in [0, 0.05) is 11.6 Å². The number of hydrogen-bond acceptors (Lipinski definition) is 3. The number of amides is 1. The Hall–Kier alpha value is -1.53. The molecule has 1 aromatic carbocycles. The lowest BCUT2D eigenvalue weighted by Crippen LogP contribution is -2.63. The first-order valence-electron chi connectivity index (χ1n) is 8.69. The number of hydrogen-bond donors (Lipinski definition) is 0. The van der Waals surface area contributed by atoms with Gasteiger partial charge in [-0.3, -0.25) is 9.69 Å². The second kappa shape index (κ2) is 6.08. The molecule has 3 heterocycles. The van der Waals surface area contributed by atoms with Crippen LogP contribution in [-0.4, -0.2) is 60.1 Å². The molecule has 4 nitrogen and oxygen atoms in total. The van der Waals surface area contributed by atoms with Crippen LogP contribution >= 0.6 is 0 Å². The fourth-order valence-corrected chi connectivity index (χ4v) is 4.16. The molecule has 3 aliphatic rings. The highest BCUT2D eigenvalue weighted by Crippen LogP contribution is 2.38. The van der Waals surface area contributed by atoms with Crippen LogP contribution in [0.15, 0.2) is 18.2 Å². The molecule has 4 rings (SSSR count). The van der Waals surface area contributed by atoms with Gasteiger partial charge in [-0.25, -0.2) is 8.78 Å². The molecule has 1 atom stereocenters. The van der Waals surface area contributed by atoms with Gasteiger partial charge >= 0.3 is 0 Å². The summed E-state index contributed by atoms with van der Waals surface area (Å²) in [5.41, 5.74) is -0.0505. The summed E-state index contributed by atoms with van der Waals surface area (Å²) in [5, 5.41) is 0. The SMILES string of the molecule is O=C(c1ccc(F)c(F)c1)N1CC2(CC(N3CCCCC3)CO2)C1. The van der Waals surface area contributed by atoms with Gasteiger partial charge in [-0.2, -0.15) is 0 Å². The zero-order chi connectivity index (χ0) is 16.7. The van der Waals surface area contributed by atoms with Gasteiger partial charge in [0.05, 0.1) is 19.7 Å². The highest BCUT2D eigenvalue weighted by molar-refractivity contribution is 5.95. The van der Waals surface area contributed by atoms with Crippen LogP contribution in [0.1, 0.15) is 36.0 Å². The molecule has 1 spiro atoms. The largest absolute Gasteiger partial charge is 0.370 e. The van der Waals surface area contributed by atoms with Crippen LogP contribution in [0.3, 0.4) is 0 Å². The number of carbonyl (C=O) groups excluding carboxylic acids is 1. The number of rotatable bonds is 2. The normalized spacial score (nSPS) is 26.6. The van der Waals surface area contributed by atoms with Gasteiger partial charge in [-0.05, 0) is 50.6 Å². The predicted molar refractivity (Wildman–Crippen MR) is 84.8 cm³/mol. The Morgan fingerprint density at radius 2 is 1.88 bits per heavy atom. The summed E-state index contributed by atoms with van der Waals surface area (Å²) in [6.45, 7) is 4.08. The fourth-order valence-electron chi connectivity index (χ4n) is 4.16. The van der Waals surface area contributed by atoms with Gasteiger partial charge in [-0.1, -0.05) is 6.42 Å². The average Bonchev–Trinajstić information content (AvgIpc) is 3.02. The van der Waals surface area contributed by atoms with E-state index >= 15 is 0 Å². The van der Waals surface area contributed by atoms with Crippen LogP contribution in [0.2, 0.25) is 0 Å². The summed E-state index contributed by atoms with van der Waals surface area (Å²) in [7, 11) is 0. The van der Waals surface area contributed by atoms with Crippen LogP contribution in [0.5, 0.6) is 0 Å². The van der Waals surface area contributed by atoms with Crippen molar-refractivity contribution < 1.29 is 18.3 Å². The predicted octanol–water partition coefficient (Wildman–Crippen LogP) is 2.43. The minimum atomic E-state index is -0.988. The standard InChI is InChI=1S/C18H22F2N2O2/c19-15-5-4-13(8-16(15)20)17(23)22-11-18(12-22)9-14(10-24-18)21-6-2-1-3-7-21/h4-5,8,14H,1-3,6-7,9-12H2. The topological polar surface area (TPSA) is 32.8 Å². The smallest absolute Gasteiger partial charge is 0.254 e. The summed E-state index contributed by atoms with van der Waals surface area (Å²) < 4.78 is 32.3. The number of ether oxygens (including phenoxy) is 1. The molecule has 1 amide bonds. The Kier molecular flexibility index (Phi) is 4.04. The third kappa shape index (κ3) is 2.82. The Labute approximate surface area is 140 Å². The van der Waals surface area contributed by atoms with Crippen LogP contribution in [0, 0.1) is 11.6 Å². The van der Waals surface area contributed by atoms with Gasteiger partial charge in [0.2, 0.25) is 0 Å². The van der Waals surface area contributed by atoms with Gasteiger partial charge < -0.3 is 9.64 Å². The maximum atomic E-state index is 13.3. The van der Waals surface area contributed by atoms with E-state index < -0.39 is 11.6 Å². The molecule has 0 N–H and O–H groups in total. The van der Waals surface area contributed by atoms with E-state index in [0.29, 0.717) is 19.1 Å². The van der Waals surface area contributed by atoms with Crippen LogP contribution in [0.4, 0.5) is 8.78 Å². The number of halogens is 2. The van der Waals surface area contributed by atoms with Crippen LogP contribution < -0.4 is 0 Å². The highest BCUT2D eigenvalue weighted by atomic mass is 19.2. The third-order valence-electron chi connectivity index (χ3n) is 5.51. The maximum absolute atomic E-state index is 13.3. The van der Waals surface area contributed by atoms with E-state index in [2.05, 4.69) is 4.90 Å². The van der Waals surface area contributed by atoms with Crippen LogP contribution in [-0.2, 0) is 4.74 Å². The second-order valence-electron chi connectivity index (χ2n) is 7.24. The monoisotopic (exact) mass is 336 g/mol. The van der Waals surface area contributed by atoms with Crippen molar-refractivity contribution in [2.75, 3.05) is 32.8 Å². The zero-order valence-electron chi connectivity index (χ0n) is 13.6. The van der Waals surface area contributed by atoms with Crippen molar-refractivity contribution in [3.8, 4) is 0 Å². The van der Waals surface area contributed by atoms with Crippen molar-refractivity contribution in [1.82, 2.24) is 9.80 Å². The van der Waals surface area contributed by atoms with Crippen molar-refractivity contribution in [2.45, 2.75) is 37.3 Å². The Balaban J connectivity index is 1.35. The van der Waals surface area contributed by atoms with Crippen LogP contribution in [0.25, 0.3) is 0 Å². The Morgan fingerprint density at radius 1 is 1.12 bits per heavy atom. The fraction of sp³-hybridized carbons (Fsp3) is 0.611. The molecule has 0 aromatic heterocycles. The molecule has 0 aliphatic carbocycles. The van der Waals surface area contributed by atoms with E-state index in [1.54, 1.807) is 4.90 Å². The number of benzene rings is 1. The van der Waals surface area contributed by atoms with Crippen molar-refractivity contribution in [1.29, 1.82) is 0 Å². The molecule has 3 fully saturated rings. The molecular weight excluding hydrogens is 314 g/mol. The quantitative estimate of drug-likeness (QED) is 0.832. The molecule has 130 valence electrons. The Bertz CT molecular complexity index is 640. The molecule has 3 saturated heterocycles. The first-order chi connectivity index (χ1) is 11.6. The molecule has 24 heavy (non-hydrogen) atoms. The van der Waals surface area contributed by atoms with Crippen molar-refractivity contribution >= 4 is 5.91 Å². The molecule has 0 radical (unpaired) electrons. The number of nitrogens with zero attached hydrogens (tertiary/aromatic N) is 2. The van der Waals surface area contributed by atoms with E-state index in [4.69, 9.17) is 4.74 Å². The molecule has 0 saturated carbocycles. The molecule has 1 unspecified atom stereocenters. The molecule has 6 heteroatoms. The molecule has 1 aromatic rings. The van der Waals surface area contributed by atoms with Crippen molar-refractivity contribution in [3.63, 3.8) is 0 Å². The number of piperidine rings is 1. The van der Waals surface area contributed by atoms with E-state index in [1.165, 1.54) is 25.3 Å². The average molecular weight is 336 g/mol. The summed E-state index contributed by atoms with van der Waals surface area (Å²) in [5.74, 6) is -2.18. The van der Waals surface area contributed by atoms with Gasteiger partial charge in [0.15, 0.2) is 11.6 Å². The van der Waals surface area contributed by atoms with E-state index in [0.717, 1.165) is 38.2 Å². The summed E-state index contributed by atoms with van der Waals surface area (Å²) in [4.78, 5) is 16.6. The van der Waals surface area contributed by atoms with Gasteiger partial charge in [0.1, 0.15) is 5.60 Å². The van der Waals surface area contributed by atoms with E-state index in [-0.39, 0.29) is 17.1 Å². The first kappa shape index (κ1) is 16.0. The highest BCUT2D eigenvalue weighted by Gasteiger charge is 2.52. The molecule has 3 aliphatic heterocycles. The summed E-state index contributed by atoms with van der Waals surface area (Å²) in [6, 6.07) is 3.74. The van der Waals surface area contributed by atoms with E-state index in [9.17, 15) is 13.6 Å². The minimum absolute atomic E-state index is 0.189. The lowest BCUT2D eigenvalue weighted by Gasteiger charge is -2.47. The van der Waals surface area contributed by atoms with E-state index in [1.807, 2.05) is 0 Å². The maximum Gasteiger partial charge on any atom is 0.254 e. The second-order valence-corrected chi connectivity index (χ2v) is 7.24. The summed E-state index contributed by atoms with van der Waals surface area (Å²) >= 11 is 0. The lowest BCUT2D eigenvalue weighted by molar-refractivity contribution is -0.0951. The van der Waals surface area contributed by atoms with Gasteiger partial charge in [0.25, 0.3) is 5.91 Å². The summed E-state index contributed by atoms with van der Waals surface area (Å²) in [6.07, 6.45) is 4.77. The minimum Gasteiger partial charge on any atom is -0.370 e. The van der Waals surface area contributed by atoms with Crippen molar-refractivity contribution in [2.24, 2.45) is 0 Å². The van der Waals surface area contributed by atoms with Crippen molar-refractivity contribution in [3.05, 3.63) is 35.4 Å². The number of likely N-dealkylation sites (tertiary alicyclic amines) is 2. The zero-order valence-corrected chi connectivity index (χ0v) is 13.6.